The molecular weight excluding hydrogens is 310 g/mol. The molecule has 0 bridgehead atoms. The summed E-state index contributed by atoms with van der Waals surface area (Å²) in [6.45, 7) is -0.600. The van der Waals surface area contributed by atoms with Gasteiger partial charge in [0.1, 0.15) is 0 Å². The largest absolute Gasteiger partial charge is 0.416 e. The standard InChI is InChI=1S/C15H10F6O/c16-14(17,18)12-3-1-10(2-4-12)11-5-9(8-22)6-13(7-11)15(19,20)21/h1-7,22H,8H2. The highest BCUT2D eigenvalue weighted by molar-refractivity contribution is 5.65. The van der Waals surface area contributed by atoms with E-state index in [1.54, 1.807) is 0 Å². The van der Waals surface area contributed by atoms with Gasteiger partial charge in [-0.1, -0.05) is 12.1 Å². The molecule has 0 aliphatic rings. The van der Waals surface area contributed by atoms with Gasteiger partial charge in [-0.3, -0.25) is 0 Å². The van der Waals surface area contributed by atoms with Crippen molar-refractivity contribution in [3.8, 4) is 11.1 Å². The third kappa shape index (κ3) is 3.59. The van der Waals surface area contributed by atoms with E-state index in [4.69, 9.17) is 5.11 Å². The number of aliphatic hydroxyl groups excluding tert-OH is 1. The molecule has 0 heterocycles. The van der Waals surface area contributed by atoms with Crippen LogP contribution in [0.2, 0.25) is 0 Å². The van der Waals surface area contributed by atoms with E-state index in [-0.39, 0.29) is 16.7 Å². The molecule has 1 N–H and O–H groups in total. The van der Waals surface area contributed by atoms with Crippen molar-refractivity contribution in [2.45, 2.75) is 19.0 Å². The van der Waals surface area contributed by atoms with Crippen molar-refractivity contribution < 1.29 is 31.4 Å². The number of rotatable bonds is 2. The van der Waals surface area contributed by atoms with Gasteiger partial charge in [-0.15, -0.1) is 0 Å². The fourth-order valence-corrected chi connectivity index (χ4v) is 1.97. The van der Waals surface area contributed by atoms with E-state index in [9.17, 15) is 26.3 Å². The maximum atomic E-state index is 12.8. The third-order valence-electron chi connectivity index (χ3n) is 3.05. The van der Waals surface area contributed by atoms with Gasteiger partial charge < -0.3 is 5.11 Å². The minimum Gasteiger partial charge on any atom is -0.392 e. The molecule has 0 aromatic heterocycles. The molecule has 7 heteroatoms. The van der Waals surface area contributed by atoms with Gasteiger partial charge in [-0.2, -0.15) is 26.3 Å². The van der Waals surface area contributed by atoms with Gasteiger partial charge in [-0.05, 0) is 47.0 Å². The normalized spacial score (nSPS) is 12.5. The van der Waals surface area contributed by atoms with Crippen LogP contribution in [0.15, 0.2) is 42.5 Å². The lowest BCUT2D eigenvalue weighted by Crippen LogP contribution is -2.06. The van der Waals surface area contributed by atoms with E-state index in [1.807, 2.05) is 0 Å². The SMILES string of the molecule is OCc1cc(-c2ccc(C(F)(F)F)cc2)cc(C(F)(F)F)c1. The van der Waals surface area contributed by atoms with Gasteiger partial charge in [0.2, 0.25) is 0 Å². The van der Waals surface area contributed by atoms with Crippen LogP contribution in [0.3, 0.4) is 0 Å². The Morgan fingerprint density at radius 1 is 0.682 bits per heavy atom. The zero-order valence-electron chi connectivity index (χ0n) is 11.0. The summed E-state index contributed by atoms with van der Waals surface area (Å²) in [6.07, 6.45) is -9.12. The van der Waals surface area contributed by atoms with E-state index < -0.39 is 30.1 Å². The summed E-state index contributed by atoms with van der Waals surface area (Å²) in [7, 11) is 0. The number of alkyl halides is 6. The van der Waals surface area contributed by atoms with E-state index in [1.165, 1.54) is 6.07 Å². The van der Waals surface area contributed by atoms with Gasteiger partial charge in [0, 0.05) is 0 Å². The summed E-state index contributed by atoms with van der Waals surface area (Å²) in [4.78, 5) is 0. The third-order valence-corrected chi connectivity index (χ3v) is 3.05. The van der Waals surface area contributed by atoms with E-state index in [0.717, 1.165) is 36.4 Å². The Balaban J connectivity index is 2.48. The molecule has 1 nitrogen and oxygen atoms in total. The van der Waals surface area contributed by atoms with Crippen molar-refractivity contribution >= 4 is 0 Å². The summed E-state index contributed by atoms with van der Waals surface area (Å²) in [5.74, 6) is 0. The Kier molecular flexibility index (Phi) is 4.19. The topological polar surface area (TPSA) is 20.2 Å². The summed E-state index contributed by atoms with van der Waals surface area (Å²) >= 11 is 0. The van der Waals surface area contributed by atoms with Gasteiger partial charge in [0.05, 0.1) is 17.7 Å². The van der Waals surface area contributed by atoms with Crippen LogP contribution in [0.5, 0.6) is 0 Å². The molecule has 2 aromatic carbocycles. The average molecular weight is 320 g/mol. The maximum Gasteiger partial charge on any atom is 0.416 e. The van der Waals surface area contributed by atoms with Crippen molar-refractivity contribution in [3.05, 3.63) is 59.2 Å². The first-order chi connectivity index (χ1) is 10.1. The second-order valence-corrected chi connectivity index (χ2v) is 4.65. The second kappa shape index (κ2) is 5.64. The maximum absolute atomic E-state index is 12.8. The Bertz CT molecular complexity index is 655. The molecule has 0 atom stereocenters. The van der Waals surface area contributed by atoms with Crippen molar-refractivity contribution in [1.29, 1.82) is 0 Å². The van der Waals surface area contributed by atoms with E-state index >= 15 is 0 Å². The predicted molar refractivity (Wildman–Crippen MR) is 67.8 cm³/mol. The molecule has 0 unspecified atom stereocenters. The van der Waals surface area contributed by atoms with Gasteiger partial charge in [0.25, 0.3) is 0 Å². The van der Waals surface area contributed by atoms with Crippen LogP contribution in [0.1, 0.15) is 16.7 Å². The summed E-state index contributed by atoms with van der Waals surface area (Å²) in [5.41, 5.74) is -1.52. The highest BCUT2D eigenvalue weighted by Crippen LogP contribution is 2.35. The molecule has 2 rings (SSSR count). The monoisotopic (exact) mass is 320 g/mol. The Labute approximate surface area is 121 Å². The molecule has 0 spiro atoms. The van der Waals surface area contributed by atoms with Crippen LogP contribution in [0.4, 0.5) is 26.3 Å². The van der Waals surface area contributed by atoms with Crippen LogP contribution in [0, 0.1) is 0 Å². The van der Waals surface area contributed by atoms with Gasteiger partial charge in [0.15, 0.2) is 0 Å². The van der Waals surface area contributed by atoms with Crippen molar-refractivity contribution in [2.24, 2.45) is 0 Å². The molecule has 0 saturated carbocycles. The van der Waals surface area contributed by atoms with Gasteiger partial charge in [-0.25, -0.2) is 0 Å². The van der Waals surface area contributed by atoms with E-state index in [0.29, 0.717) is 0 Å². The number of aliphatic hydroxyl groups is 1. The molecule has 2 aromatic rings. The Hall–Kier alpha value is -2.02. The number of halogens is 6. The van der Waals surface area contributed by atoms with Crippen LogP contribution in [-0.4, -0.2) is 5.11 Å². The summed E-state index contributed by atoms with van der Waals surface area (Å²) in [6, 6.07) is 6.73. The lowest BCUT2D eigenvalue weighted by Gasteiger charge is -2.12. The smallest absolute Gasteiger partial charge is 0.392 e. The lowest BCUT2D eigenvalue weighted by molar-refractivity contribution is -0.138. The van der Waals surface area contributed by atoms with Crippen LogP contribution in [-0.2, 0) is 19.0 Å². The molecule has 0 fully saturated rings. The first-order valence-corrected chi connectivity index (χ1v) is 6.11. The molecule has 0 aliphatic carbocycles. The first-order valence-electron chi connectivity index (χ1n) is 6.11. The highest BCUT2D eigenvalue weighted by Gasteiger charge is 2.32. The van der Waals surface area contributed by atoms with Crippen LogP contribution >= 0.6 is 0 Å². The summed E-state index contributed by atoms with van der Waals surface area (Å²) < 4.78 is 75.8. The highest BCUT2D eigenvalue weighted by atomic mass is 19.4. The fourth-order valence-electron chi connectivity index (χ4n) is 1.97. The molecule has 0 aliphatic heterocycles. The Morgan fingerprint density at radius 3 is 1.68 bits per heavy atom. The minimum atomic E-state index is -4.61. The zero-order chi connectivity index (χ0) is 16.5. The number of hydrogen-bond acceptors (Lipinski definition) is 1. The van der Waals surface area contributed by atoms with Crippen molar-refractivity contribution in [1.82, 2.24) is 0 Å². The van der Waals surface area contributed by atoms with E-state index in [2.05, 4.69) is 0 Å². The molecule has 0 saturated heterocycles. The molecule has 0 radical (unpaired) electrons. The zero-order valence-corrected chi connectivity index (χ0v) is 11.0. The second-order valence-electron chi connectivity index (χ2n) is 4.65. The molecule has 22 heavy (non-hydrogen) atoms. The molecule has 118 valence electrons. The van der Waals surface area contributed by atoms with Crippen LogP contribution in [0.25, 0.3) is 11.1 Å². The molecular formula is C15H10F6O. The quantitative estimate of drug-likeness (QED) is 0.782. The molecule has 0 amide bonds. The van der Waals surface area contributed by atoms with Crippen LogP contribution < -0.4 is 0 Å². The number of benzene rings is 2. The predicted octanol–water partition coefficient (Wildman–Crippen LogP) is 4.88. The van der Waals surface area contributed by atoms with Gasteiger partial charge >= 0.3 is 12.4 Å². The van der Waals surface area contributed by atoms with Crippen molar-refractivity contribution in [3.63, 3.8) is 0 Å². The average Bonchev–Trinajstić information content (AvgIpc) is 2.45. The lowest BCUT2D eigenvalue weighted by atomic mass is 9.98. The first kappa shape index (κ1) is 16.4. The summed E-state index contributed by atoms with van der Waals surface area (Å²) in [5, 5.41) is 9.03. The number of hydrogen-bond donors (Lipinski definition) is 1. The fraction of sp³-hybridized carbons (Fsp3) is 0.200. The minimum absolute atomic E-state index is 0.0322. The van der Waals surface area contributed by atoms with Crippen molar-refractivity contribution in [2.75, 3.05) is 0 Å². The Morgan fingerprint density at radius 2 is 1.23 bits per heavy atom.